The Kier molecular flexibility index (Phi) is 3.41. The molecule has 3 rings (SSSR count). The first-order chi connectivity index (χ1) is 10.3. The summed E-state index contributed by atoms with van der Waals surface area (Å²) in [6, 6.07) is 6.41. The molecule has 1 saturated heterocycles. The third-order valence-electron chi connectivity index (χ3n) is 4.39. The molecule has 6 nitrogen and oxygen atoms in total. The lowest BCUT2D eigenvalue weighted by Crippen LogP contribution is -2.49. The number of benzene rings is 1. The third-order valence-corrected chi connectivity index (χ3v) is 6.57. The predicted octanol–water partition coefficient (Wildman–Crippen LogP) is -0.839. The number of carboxylic acid groups (broad SMARTS) is 1. The number of sulfone groups is 1. The van der Waals surface area contributed by atoms with Gasteiger partial charge in [-0.2, -0.15) is 0 Å². The molecule has 0 aliphatic carbocycles. The lowest BCUT2D eigenvalue weighted by atomic mass is 10.0. The van der Waals surface area contributed by atoms with Gasteiger partial charge < -0.3 is 9.90 Å². The Bertz CT molecular complexity index is 768. The minimum atomic E-state index is -3.74. The molecule has 116 valence electrons. The van der Waals surface area contributed by atoms with Crippen LogP contribution < -0.4 is 5.11 Å². The Morgan fingerprint density at radius 2 is 1.91 bits per heavy atom. The first-order valence-corrected chi connectivity index (χ1v) is 8.36. The topological polar surface area (TPSA) is 94.6 Å². The Balaban J connectivity index is 2.09. The number of carboxylic acids is 1. The molecule has 22 heavy (non-hydrogen) atoms. The van der Waals surface area contributed by atoms with Crippen molar-refractivity contribution in [2.75, 3.05) is 7.05 Å². The van der Waals surface area contributed by atoms with E-state index in [1.807, 2.05) is 0 Å². The molecule has 0 saturated carbocycles. The number of likely N-dealkylation sites (N-methyl/N-ethyl adjacent to an activating group) is 1. The van der Waals surface area contributed by atoms with Crippen molar-refractivity contribution in [3.63, 3.8) is 0 Å². The van der Waals surface area contributed by atoms with Gasteiger partial charge in [0.15, 0.2) is 15.6 Å². The summed E-state index contributed by atoms with van der Waals surface area (Å²) in [5, 5.41) is 10.3. The van der Waals surface area contributed by atoms with E-state index >= 15 is 0 Å². The summed E-state index contributed by atoms with van der Waals surface area (Å²) < 4.78 is 25.6. The van der Waals surface area contributed by atoms with Crippen molar-refractivity contribution in [2.24, 2.45) is 0 Å². The maximum absolute atomic E-state index is 12.8. The summed E-state index contributed by atoms with van der Waals surface area (Å²) in [7, 11) is -2.17. The van der Waals surface area contributed by atoms with Gasteiger partial charge in [-0.3, -0.25) is 9.69 Å². The second-order valence-electron chi connectivity index (χ2n) is 5.55. The Morgan fingerprint density at radius 1 is 1.27 bits per heavy atom. The zero-order chi connectivity index (χ0) is 16.1. The maximum atomic E-state index is 12.8. The highest BCUT2D eigenvalue weighted by Crippen LogP contribution is 2.38. The molecule has 0 amide bonds. The molecule has 1 aromatic carbocycles. The molecule has 2 aliphatic heterocycles. The monoisotopic (exact) mass is 320 g/mol. The molecule has 1 fully saturated rings. The van der Waals surface area contributed by atoms with E-state index in [1.165, 1.54) is 17.0 Å². The SMILES string of the molecule is CN1C2CC(S(=O)(=O)c3ccccc3)C1C(C(=O)[O-])=CC2=O. The van der Waals surface area contributed by atoms with Crippen molar-refractivity contribution >= 4 is 21.6 Å². The van der Waals surface area contributed by atoms with Crippen LogP contribution in [0.3, 0.4) is 0 Å². The molecule has 0 radical (unpaired) electrons. The molecule has 1 aromatic rings. The quantitative estimate of drug-likeness (QED) is 0.721. The van der Waals surface area contributed by atoms with E-state index < -0.39 is 33.1 Å². The molecule has 2 bridgehead atoms. The van der Waals surface area contributed by atoms with Crippen LogP contribution >= 0.6 is 0 Å². The van der Waals surface area contributed by atoms with Crippen molar-refractivity contribution in [2.45, 2.75) is 28.6 Å². The highest BCUT2D eigenvalue weighted by Gasteiger charge is 2.52. The Hall–Kier alpha value is -1.99. The molecule has 2 aliphatic rings. The first kappa shape index (κ1) is 14.9. The van der Waals surface area contributed by atoms with Crippen molar-refractivity contribution < 1.29 is 23.1 Å². The van der Waals surface area contributed by atoms with E-state index in [2.05, 4.69) is 0 Å². The van der Waals surface area contributed by atoms with Crippen molar-refractivity contribution in [3.05, 3.63) is 42.0 Å². The van der Waals surface area contributed by atoms with Gasteiger partial charge in [0.1, 0.15) is 0 Å². The fraction of sp³-hybridized carbons (Fsp3) is 0.333. The number of ketones is 1. The summed E-state index contributed by atoms with van der Waals surface area (Å²) in [6.45, 7) is 0. The molecular weight excluding hydrogens is 306 g/mol. The third kappa shape index (κ3) is 2.08. The lowest BCUT2D eigenvalue weighted by Gasteiger charge is -2.32. The molecule has 0 spiro atoms. The van der Waals surface area contributed by atoms with Crippen molar-refractivity contribution in [1.29, 1.82) is 0 Å². The van der Waals surface area contributed by atoms with Crippen LogP contribution in [-0.2, 0) is 19.4 Å². The van der Waals surface area contributed by atoms with Crippen LogP contribution in [0, 0.1) is 0 Å². The van der Waals surface area contributed by atoms with E-state index in [9.17, 15) is 23.1 Å². The van der Waals surface area contributed by atoms with Gasteiger partial charge in [-0.15, -0.1) is 0 Å². The van der Waals surface area contributed by atoms with Crippen LogP contribution in [0.15, 0.2) is 46.9 Å². The highest BCUT2D eigenvalue weighted by atomic mass is 32.2. The van der Waals surface area contributed by atoms with Crippen LogP contribution in [0.4, 0.5) is 0 Å². The zero-order valence-electron chi connectivity index (χ0n) is 11.8. The van der Waals surface area contributed by atoms with Gasteiger partial charge in [0.25, 0.3) is 0 Å². The minimum Gasteiger partial charge on any atom is -0.545 e. The van der Waals surface area contributed by atoms with Crippen LogP contribution in [-0.4, -0.2) is 49.5 Å². The number of rotatable bonds is 3. The van der Waals surface area contributed by atoms with Crippen molar-refractivity contribution in [1.82, 2.24) is 4.90 Å². The first-order valence-electron chi connectivity index (χ1n) is 6.81. The predicted molar refractivity (Wildman–Crippen MR) is 75.5 cm³/mol. The smallest absolute Gasteiger partial charge is 0.183 e. The zero-order valence-corrected chi connectivity index (χ0v) is 12.6. The average molecular weight is 320 g/mol. The molecule has 3 atom stereocenters. The number of carbonyl (C=O) groups is 2. The molecule has 2 heterocycles. The number of aliphatic carboxylic acids is 1. The number of hydrogen-bond donors (Lipinski definition) is 0. The second-order valence-corrected chi connectivity index (χ2v) is 7.71. The van der Waals surface area contributed by atoms with Gasteiger partial charge in [-0.05, 0) is 37.3 Å². The van der Waals surface area contributed by atoms with Crippen molar-refractivity contribution in [3.8, 4) is 0 Å². The van der Waals surface area contributed by atoms with E-state index in [1.54, 1.807) is 25.2 Å². The van der Waals surface area contributed by atoms with Gasteiger partial charge >= 0.3 is 0 Å². The van der Waals surface area contributed by atoms with Crippen LogP contribution in [0.2, 0.25) is 0 Å². The molecule has 7 heteroatoms. The van der Waals surface area contributed by atoms with E-state index in [-0.39, 0.29) is 22.7 Å². The number of carbonyl (C=O) groups excluding carboxylic acids is 2. The van der Waals surface area contributed by atoms with Gasteiger partial charge in [0.05, 0.1) is 28.2 Å². The lowest BCUT2D eigenvalue weighted by molar-refractivity contribution is -0.300. The van der Waals surface area contributed by atoms with E-state index in [0.717, 1.165) is 6.08 Å². The summed E-state index contributed by atoms with van der Waals surface area (Å²) in [5.74, 6) is -1.89. The number of nitrogens with zero attached hydrogens (tertiary/aromatic N) is 1. The van der Waals surface area contributed by atoms with E-state index in [0.29, 0.717) is 0 Å². The maximum Gasteiger partial charge on any atom is 0.183 e. The summed E-state index contributed by atoms with van der Waals surface area (Å²) in [6.07, 6.45) is 1.11. The Morgan fingerprint density at radius 3 is 2.50 bits per heavy atom. The van der Waals surface area contributed by atoms with Gasteiger partial charge in [0, 0.05) is 0 Å². The number of fused-ring (bicyclic) bond motifs is 2. The summed E-state index contributed by atoms with van der Waals surface area (Å²) >= 11 is 0. The largest absolute Gasteiger partial charge is 0.545 e. The fourth-order valence-corrected chi connectivity index (χ4v) is 5.30. The highest BCUT2D eigenvalue weighted by molar-refractivity contribution is 7.92. The number of hydrogen-bond acceptors (Lipinski definition) is 6. The second kappa shape index (κ2) is 5.03. The summed E-state index contributed by atoms with van der Waals surface area (Å²) in [5.41, 5.74) is -0.259. The Labute approximate surface area is 128 Å². The standard InChI is InChI=1S/C15H15NO5S/c1-16-11-8-13(14(16)10(15(18)19)7-12(11)17)22(20,21)9-5-3-2-4-6-9/h2-7,11,13-14H,8H2,1H3,(H,18,19)/p-1. The van der Waals surface area contributed by atoms with Gasteiger partial charge in [-0.1, -0.05) is 18.2 Å². The fourth-order valence-electron chi connectivity index (χ4n) is 3.30. The molecule has 0 N–H and O–H groups in total. The van der Waals surface area contributed by atoms with Gasteiger partial charge in [-0.25, -0.2) is 8.42 Å². The van der Waals surface area contributed by atoms with Crippen LogP contribution in [0.5, 0.6) is 0 Å². The minimum absolute atomic E-state index is 0.0878. The van der Waals surface area contributed by atoms with Crippen LogP contribution in [0.25, 0.3) is 0 Å². The molecular formula is C15H14NO5S-. The normalized spacial score (nSPS) is 28.5. The van der Waals surface area contributed by atoms with Gasteiger partial charge in [0.2, 0.25) is 0 Å². The molecule has 3 unspecified atom stereocenters. The summed E-state index contributed by atoms with van der Waals surface area (Å²) in [4.78, 5) is 24.9. The van der Waals surface area contributed by atoms with Crippen LogP contribution in [0.1, 0.15) is 6.42 Å². The van der Waals surface area contributed by atoms with E-state index in [4.69, 9.17) is 0 Å². The average Bonchev–Trinajstić information content (AvgIpc) is 2.73. The molecule has 0 aromatic heterocycles.